The number of hydrogen-bond donors (Lipinski definition) is 1. The summed E-state index contributed by atoms with van der Waals surface area (Å²) in [5.41, 5.74) is -0.613. The molecule has 3 heterocycles. The highest BCUT2D eigenvalue weighted by molar-refractivity contribution is 5.42. The molecule has 1 saturated heterocycles. The number of nitrogens with zero attached hydrogens (tertiary/aromatic N) is 6. The lowest BCUT2D eigenvalue weighted by Crippen LogP contribution is -2.44. The van der Waals surface area contributed by atoms with Gasteiger partial charge in [0.15, 0.2) is 17.5 Å². The second kappa shape index (κ2) is 5.60. The van der Waals surface area contributed by atoms with E-state index in [9.17, 15) is 9.50 Å². The van der Waals surface area contributed by atoms with Crippen LogP contribution in [0.5, 0.6) is 0 Å². The molecule has 0 amide bonds. The molecule has 1 aliphatic rings. The van der Waals surface area contributed by atoms with Crippen molar-refractivity contribution in [3.05, 3.63) is 30.0 Å². The van der Waals surface area contributed by atoms with Gasteiger partial charge in [-0.15, -0.1) is 0 Å². The van der Waals surface area contributed by atoms with Gasteiger partial charge in [-0.1, -0.05) is 6.92 Å². The van der Waals surface area contributed by atoms with Gasteiger partial charge in [0.05, 0.1) is 5.69 Å². The van der Waals surface area contributed by atoms with Crippen LogP contribution < -0.4 is 4.90 Å². The SMILES string of the molecule is CCc1ncnc(N2CCC(O)(c3ncnn3C)CC2)c1F. The van der Waals surface area contributed by atoms with E-state index in [1.807, 2.05) is 11.8 Å². The molecule has 8 heteroatoms. The van der Waals surface area contributed by atoms with Gasteiger partial charge in [-0.3, -0.25) is 4.68 Å². The van der Waals surface area contributed by atoms with Crippen molar-refractivity contribution in [2.75, 3.05) is 18.0 Å². The van der Waals surface area contributed by atoms with Gasteiger partial charge < -0.3 is 10.0 Å². The predicted molar refractivity (Wildman–Crippen MR) is 77.7 cm³/mol. The maximum Gasteiger partial charge on any atom is 0.187 e. The zero-order valence-electron chi connectivity index (χ0n) is 12.7. The Balaban J connectivity index is 1.79. The molecule has 2 aromatic rings. The number of halogens is 1. The van der Waals surface area contributed by atoms with Gasteiger partial charge in [-0.25, -0.2) is 19.3 Å². The predicted octanol–water partition coefficient (Wildman–Crippen LogP) is 0.795. The second-order valence-electron chi connectivity index (χ2n) is 5.54. The lowest BCUT2D eigenvalue weighted by Gasteiger charge is -2.37. The van der Waals surface area contributed by atoms with Crippen molar-refractivity contribution in [1.29, 1.82) is 0 Å². The Morgan fingerprint density at radius 2 is 1.95 bits per heavy atom. The molecule has 22 heavy (non-hydrogen) atoms. The Labute approximate surface area is 127 Å². The monoisotopic (exact) mass is 306 g/mol. The van der Waals surface area contributed by atoms with Gasteiger partial charge in [0, 0.05) is 33.0 Å². The van der Waals surface area contributed by atoms with Crippen molar-refractivity contribution in [3.63, 3.8) is 0 Å². The van der Waals surface area contributed by atoms with E-state index in [1.54, 1.807) is 11.7 Å². The molecule has 0 aromatic carbocycles. The van der Waals surface area contributed by atoms with E-state index in [-0.39, 0.29) is 5.82 Å². The Morgan fingerprint density at radius 1 is 1.23 bits per heavy atom. The highest BCUT2D eigenvalue weighted by Gasteiger charge is 2.38. The van der Waals surface area contributed by atoms with Gasteiger partial charge in [0.2, 0.25) is 0 Å². The molecule has 1 N–H and O–H groups in total. The van der Waals surface area contributed by atoms with Gasteiger partial charge >= 0.3 is 0 Å². The Morgan fingerprint density at radius 3 is 2.55 bits per heavy atom. The van der Waals surface area contributed by atoms with E-state index in [4.69, 9.17) is 0 Å². The number of hydrogen-bond acceptors (Lipinski definition) is 6. The maximum atomic E-state index is 14.3. The minimum absolute atomic E-state index is 0.312. The Kier molecular flexibility index (Phi) is 3.78. The molecular weight excluding hydrogens is 287 g/mol. The average molecular weight is 306 g/mol. The molecular formula is C14H19FN6O. The number of aliphatic hydroxyl groups is 1. The first-order valence-corrected chi connectivity index (χ1v) is 7.36. The first-order valence-electron chi connectivity index (χ1n) is 7.36. The average Bonchev–Trinajstić information content (AvgIpc) is 2.96. The van der Waals surface area contributed by atoms with Crippen molar-refractivity contribution in [2.24, 2.45) is 7.05 Å². The highest BCUT2D eigenvalue weighted by Crippen LogP contribution is 2.33. The Hall–Kier alpha value is -2.09. The lowest BCUT2D eigenvalue weighted by atomic mass is 9.90. The maximum absolute atomic E-state index is 14.3. The number of rotatable bonds is 3. The second-order valence-corrected chi connectivity index (χ2v) is 5.54. The van der Waals surface area contributed by atoms with Crippen molar-refractivity contribution < 1.29 is 9.50 Å². The molecule has 1 aliphatic heterocycles. The third-order valence-corrected chi connectivity index (χ3v) is 4.20. The molecule has 118 valence electrons. The zero-order chi connectivity index (χ0) is 15.7. The van der Waals surface area contributed by atoms with E-state index in [2.05, 4.69) is 20.1 Å². The first-order chi connectivity index (χ1) is 10.5. The fourth-order valence-corrected chi connectivity index (χ4v) is 2.89. The van der Waals surface area contributed by atoms with Crippen LogP contribution in [0.1, 0.15) is 31.3 Å². The normalized spacial score (nSPS) is 17.7. The summed E-state index contributed by atoms with van der Waals surface area (Å²) in [5.74, 6) is 0.491. The third-order valence-electron chi connectivity index (χ3n) is 4.20. The molecule has 0 bridgehead atoms. The number of aromatic nitrogens is 5. The van der Waals surface area contributed by atoms with E-state index in [0.29, 0.717) is 49.7 Å². The molecule has 0 unspecified atom stereocenters. The van der Waals surface area contributed by atoms with Crippen molar-refractivity contribution in [1.82, 2.24) is 24.7 Å². The third kappa shape index (κ3) is 2.43. The summed E-state index contributed by atoms with van der Waals surface area (Å²) >= 11 is 0. The Bertz CT molecular complexity index is 665. The summed E-state index contributed by atoms with van der Waals surface area (Å²) in [4.78, 5) is 14.0. The molecule has 2 aromatic heterocycles. The molecule has 0 aliphatic carbocycles. The molecule has 3 rings (SSSR count). The van der Waals surface area contributed by atoms with Crippen LogP contribution in [0.15, 0.2) is 12.7 Å². The summed E-state index contributed by atoms with van der Waals surface area (Å²) in [6.45, 7) is 2.86. The van der Waals surface area contributed by atoms with Crippen LogP contribution in [0.25, 0.3) is 0 Å². The standard InChI is InChI=1S/C14H19FN6O/c1-3-10-11(15)12(17-8-16-10)21-6-4-14(22,5-7-21)13-18-9-19-20(13)2/h8-9,22H,3-7H2,1-2H3. The minimum atomic E-state index is -1.03. The molecule has 0 radical (unpaired) electrons. The minimum Gasteiger partial charge on any atom is -0.382 e. The van der Waals surface area contributed by atoms with Crippen LogP contribution in [0.4, 0.5) is 10.2 Å². The number of anilines is 1. The molecule has 0 saturated carbocycles. The van der Waals surface area contributed by atoms with E-state index >= 15 is 0 Å². The summed E-state index contributed by atoms with van der Waals surface area (Å²) in [5, 5.41) is 14.8. The number of aryl methyl sites for hydroxylation is 2. The lowest BCUT2D eigenvalue weighted by molar-refractivity contribution is -0.000294. The van der Waals surface area contributed by atoms with Crippen LogP contribution in [0.3, 0.4) is 0 Å². The number of piperidine rings is 1. The van der Waals surface area contributed by atoms with Gasteiger partial charge in [-0.05, 0) is 6.42 Å². The summed E-state index contributed by atoms with van der Waals surface area (Å²) in [7, 11) is 1.75. The topological polar surface area (TPSA) is 80.0 Å². The quantitative estimate of drug-likeness (QED) is 0.903. The van der Waals surface area contributed by atoms with Crippen LogP contribution in [0, 0.1) is 5.82 Å². The van der Waals surface area contributed by atoms with Gasteiger partial charge in [-0.2, -0.15) is 5.10 Å². The fraction of sp³-hybridized carbons (Fsp3) is 0.571. The van der Waals surface area contributed by atoms with Crippen LogP contribution >= 0.6 is 0 Å². The van der Waals surface area contributed by atoms with Crippen LogP contribution in [-0.4, -0.2) is 42.9 Å². The van der Waals surface area contributed by atoms with Crippen molar-refractivity contribution >= 4 is 5.82 Å². The van der Waals surface area contributed by atoms with Gasteiger partial charge in [0.25, 0.3) is 0 Å². The van der Waals surface area contributed by atoms with Crippen molar-refractivity contribution in [3.8, 4) is 0 Å². The summed E-state index contributed by atoms with van der Waals surface area (Å²) in [6, 6.07) is 0. The first kappa shape index (κ1) is 14.8. The van der Waals surface area contributed by atoms with Crippen LogP contribution in [0.2, 0.25) is 0 Å². The molecule has 0 spiro atoms. The highest BCUT2D eigenvalue weighted by atomic mass is 19.1. The fourth-order valence-electron chi connectivity index (χ4n) is 2.89. The van der Waals surface area contributed by atoms with E-state index in [1.165, 1.54) is 12.7 Å². The summed E-state index contributed by atoms with van der Waals surface area (Å²) < 4.78 is 15.9. The van der Waals surface area contributed by atoms with Gasteiger partial charge in [0.1, 0.15) is 18.3 Å². The molecule has 7 nitrogen and oxygen atoms in total. The molecule has 0 atom stereocenters. The largest absolute Gasteiger partial charge is 0.382 e. The zero-order valence-corrected chi connectivity index (χ0v) is 12.7. The summed E-state index contributed by atoms with van der Waals surface area (Å²) in [6.07, 6.45) is 4.24. The van der Waals surface area contributed by atoms with E-state index in [0.717, 1.165) is 0 Å². The molecule has 1 fully saturated rings. The van der Waals surface area contributed by atoms with Crippen LogP contribution in [-0.2, 0) is 19.1 Å². The van der Waals surface area contributed by atoms with E-state index < -0.39 is 5.60 Å². The smallest absolute Gasteiger partial charge is 0.187 e. The van der Waals surface area contributed by atoms with Crippen molar-refractivity contribution in [2.45, 2.75) is 31.8 Å².